The molecular weight excluding hydrogens is 248 g/mol. The highest BCUT2D eigenvalue weighted by molar-refractivity contribution is 6.31. The fourth-order valence-corrected chi connectivity index (χ4v) is 2.24. The molecule has 0 aromatic rings. The third-order valence-electron chi connectivity index (χ3n) is 2.92. The molecule has 3 nitrogen and oxygen atoms in total. The molecule has 1 fully saturated rings. The number of allylic oxidation sites excluding steroid dienone is 3. The molecule has 1 N–H and O–H groups in total. The number of halogens is 1. The van der Waals surface area contributed by atoms with Crippen molar-refractivity contribution in [2.75, 3.05) is 33.3 Å². The number of piperazine rings is 1. The van der Waals surface area contributed by atoms with Crippen LogP contribution in [0.3, 0.4) is 0 Å². The van der Waals surface area contributed by atoms with Crippen LogP contribution in [0.1, 0.15) is 19.8 Å². The molecule has 4 heteroatoms. The molecule has 1 heterocycles. The molecule has 0 bridgehead atoms. The van der Waals surface area contributed by atoms with Crippen LogP contribution in [0.5, 0.6) is 0 Å². The summed E-state index contributed by atoms with van der Waals surface area (Å²) in [5.41, 5.74) is 0.983. The molecular formula is C14H23ClN2O. The maximum Gasteiger partial charge on any atom is 0.160 e. The van der Waals surface area contributed by atoms with E-state index in [-0.39, 0.29) is 0 Å². The van der Waals surface area contributed by atoms with Crippen molar-refractivity contribution in [1.82, 2.24) is 10.2 Å². The molecule has 0 unspecified atom stereocenters. The molecule has 0 aromatic heterocycles. The van der Waals surface area contributed by atoms with E-state index >= 15 is 0 Å². The monoisotopic (exact) mass is 270 g/mol. The van der Waals surface area contributed by atoms with Gasteiger partial charge in [-0.2, -0.15) is 0 Å². The molecule has 102 valence electrons. The van der Waals surface area contributed by atoms with E-state index in [4.69, 9.17) is 16.3 Å². The summed E-state index contributed by atoms with van der Waals surface area (Å²) in [6.07, 6.45) is 5.86. The Hall–Kier alpha value is -0.930. The van der Waals surface area contributed by atoms with Crippen LogP contribution in [0.4, 0.5) is 0 Å². The Morgan fingerprint density at radius 3 is 2.61 bits per heavy atom. The van der Waals surface area contributed by atoms with Gasteiger partial charge >= 0.3 is 0 Å². The van der Waals surface area contributed by atoms with Crippen LogP contribution in [0.2, 0.25) is 0 Å². The van der Waals surface area contributed by atoms with Crippen LogP contribution >= 0.6 is 11.6 Å². The molecule has 0 aromatic carbocycles. The minimum absolute atomic E-state index is 0.674. The number of nitrogens with zero attached hydrogens (tertiary/aromatic N) is 1. The molecule has 1 rings (SSSR count). The van der Waals surface area contributed by atoms with E-state index in [9.17, 15) is 0 Å². The van der Waals surface area contributed by atoms with Crippen LogP contribution in [0.25, 0.3) is 0 Å². The second-order valence-corrected chi connectivity index (χ2v) is 4.61. The van der Waals surface area contributed by atoms with Crippen LogP contribution < -0.4 is 5.32 Å². The fourth-order valence-electron chi connectivity index (χ4n) is 1.96. The third-order valence-corrected chi connectivity index (χ3v) is 3.24. The maximum atomic E-state index is 6.31. The van der Waals surface area contributed by atoms with Gasteiger partial charge in [-0.3, -0.25) is 0 Å². The Bertz CT molecular complexity index is 331. The van der Waals surface area contributed by atoms with E-state index < -0.39 is 0 Å². The largest absolute Gasteiger partial charge is 0.493 e. The van der Waals surface area contributed by atoms with Crippen molar-refractivity contribution in [2.24, 2.45) is 0 Å². The van der Waals surface area contributed by atoms with Gasteiger partial charge in [0.15, 0.2) is 5.76 Å². The summed E-state index contributed by atoms with van der Waals surface area (Å²) in [5, 5.41) is 4.00. The number of hydrogen-bond acceptors (Lipinski definition) is 3. The van der Waals surface area contributed by atoms with Crippen molar-refractivity contribution < 1.29 is 4.74 Å². The van der Waals surface area contributed by atoms with Crippen molar-refractivity contribution >= 4 is 11.6 Å². The fraction of sp³-hybridized carbons (Fsp3) is 0.571. The Morgan fingerprint density at radius 1 is 1.44 bits per heavy atom. The van der Waals surface area contributed by atoms with E-state index in [0.717, 1.165) is 50.5 Å². The van der Waals surface area contributed by atoms with Crippen LogP contribution in [-0.2, 0) is 4.74 Å². The first-order valence-electron chi connectivity index (χ1n) is 6.47. The lowest BCUT2D eigenvalue weighted by molar-refractivity contribution is 0.256. The van der Waals surface area contributed by atoms with Gasteiger partial charge in [-0.05, 0) is 12.5 Å². The maximum absolute atomic E-state index is 6.31. The lowest BCUT2D eigenvalue weighted by atomic mass is 10.2. The number of methoxy groups -OCH3 is 1. The highest BCUT2D eigenvalue weighted by Crippen LogP contribution is 2.23. The number of rotatable bonds is 6. The second-order valence-electron chi connectivity index (χ2n) is 4.20. The molecule has 0 atom stereocenters. The predicted octanol–water partition coefficient (Wildman–Crippen LogP) is 2.86. The van der Waals surface area contributed by atoms with Crippen molar-refractivity contribution in [3.8, 4) is 0 Å². The van der Waals surface area contributed by atoms with Gasteiger partial charge in [-0.15, -0.1) is 0 Å². The molecule has 1 aliphatic rings. The Morgan fingerprint density at radius 2 is 2.11 bits per heavy atom. The van der Waals surface area contributed by atoms with E-state index in [1.54, 1.807) is 7.11 Å². The van der Waals surface area contributed by atoms with E-state index in [1.165, 1.54) is 0 Å². The molecule has 0 saturated carbocycles. The lowest BCUT2D eigenvalue weighted by Gasteiger charge is -2.31. The van der Waals surface area contributed by atoms with E-state index in [0.29, 0.717) is 5.03 Å². The predicted molar refractivity (Wildman–Crippen MR) is 77.5 cm³/mol. The highest BCUT2D eigenvalue weighted by Gasteiger charge is 2.17. The first kappa shape index (κ1) is 15.1. The molecule has 1 saturated heterocycles. The molecule has 0 aliphatic carbocycles. The van der Waals surface area contributed by atoms with Crippen molar-refractivity contribution in [2.45, 2.75) is 19.8 Å². The first-order valence-corrected chi connectivity index (χ1v) is 6.84. The van der Waals surface area contributed by atoms with E-state index in [1.807, 2.05) is 12.2 Å². The molecule has 0 radical (unpaired) electrons. The van der Waals surface area contributed by atoms with Crippen molar-refractivity contribution in [3.05, 3.63) is 35.2 Å². The van der Waals surface area contributed by atoms with Gasteiger partial charge in [0.1, 0.15) is 0 Å². The number of unbranched alkanes of at least 4 members (excludes halogenated alkanes) is 1. The zero-order chi connectivity index (χ0) is 13.4. The van der Waals surface area contributed by atoms with E-state index in [2.05, 4.69) is 23.7 Å². The lowest BCUT2D eigenvalue weighted by Crippen LogP contribution is -2.43. The van der Waals surface area contributed by atoms with Crippen molar-refractivity contribution in [3.63, 3.8) is 0 Å². The highest BCUT2D eigenvalue weighted by atomic mass is 35.5. The van der Waals surface area contributed by atoms with Gasteiger partial charge in [-0.25, -0.2) is 0 Å². The van der Waals surface area contributed by atoms with Crippen molar-refractivity contribution in [1.29, 1.82) is 0 Å². The summed E-state index contributed by atoms with van der Waals surface area (Å²) in [5.74, 6) is 0.724. The zero-order valence-electron chi connectivity index (χ0n) is 11.3. The van der Waals surface area contributed by atoms with Gasteiger partial charge in [0.05, 0.1) is 17.8 Å². The van der Waals surface area contributed by atoms with Gasteiger partial charge in [0.2, 0.25) is 0 Å². The Labute approximate surface area is 115 Å². The van der Waals surface area contributed by atoms with Gasteiger partial charge in [0, 0.05) is 26.2 Å². The molecule has 1 aliphatic heterocycles. The third kappa shape index (κ3) is 4.07. The summed E-state index contributed by atoms with van der Waals surface area (Å²) in [6, 6.07) is 0. The normalized spacial score (nSPS) is 18.4. The SMILES string of the molecule is C=C/C(=C(OC)\C(Cl)=C/CCC)N1CCNCC1. The molecule has 18 heavy (non-hydrogen) atoms. The second kappa shape index (κ2) is 8.22. The van der Waals surface area contributed by atoms with Gasteiger partial charge in [-0.1, -0.05) is 37.6 Å². The first-order chi connectivity index (χ1) is 8.74. The Kier molecular flexibility index (Phi) is 6.91. The standard InChI is InChI=1S/C14H23ClN2O/c1-4-6-7-12(15)14(18-3)13(5-2)17-10-8-16-9-11-17/h5,7,16H,2,4,6,8-11H2,1,3H3/b12-7+,14-13-. The molecule has 0 spiro atoms. The summed E-state index contributed by atoms with van der Waals surface area (Å²) in [7, 11) is 1.66. The van der Waals surface area contributed by atoms with Gasteiger partial charge in [0.25, 0.3) is 0 Å². The number of hydrogen-bond donors (Lipinski definition) is 1. The number of ether oxygens (including phenoxy) is 1. The van der Waals surface area contributed by atoms with Crippen LogP contribution in [-0.4, -0.2) is 38.2 Å². The Balaban J connectivity index is 2.95. The average Bonchev–Trinajstić information content (AvgIpc) is 2.42. The quantitative estimate of drug-likeness (QED) is 0.593. The average molecular weight is 271 g/mol. The summed E-state index contributed by atoms with van der Waals surface area (Å²) >= 11 is 6.31. The van der Waals surface area contributed by atoms with Crippen LogP contribution in [0, 0.1) is 0 Å². The topological polar surface area (TPSA) is 24.5 Å². The zero-order valence-corrected chi connectivity index (χ0v) is 12.1. The minimum Gasteiger partial charge on any atom is -0.493 e. The summed E-state index contributed by atoms with van der Waals surface area (Å²) in [6.45, 7) is 9.86. The minimum atomic E-state index is 0.674. The summed E-state index contributed by atoms with van der Waals surface area (Å²) < 4.78 is 5.46. The van der Waals surface area contributed by atoms with Gasteiger partial charge < -0.3 is 15.0 Å². The summed E-state index contributed by atoms with van der Waals surface area (Å²) in [4.78, 5) is 2.25. The smallest absolute Gasteiger partial charge is 0.160 e. The van der Waals surface area contributed by atoms with Crippen LogP contribution in [0.15, 0.2) is 35.2 Å². The molecule has 0 amide bonds. The number of nitrogens with one attached hydrogen (secondary N) is 1.